The fourth-order valence-electron chi connectivity index (χ4n) is 1.80. The van der Waals surface area contributed by atoms with Crippen LogP contribution in [-0.4, -0.2) is 5.16 Å². The fourth-order valence-corrected chi connectivity index (χ4v) is 2.91. The third-order valence-corrected chi connectivity index (χ3v) is 3.94. The van der Waals surface area contributed by atoms with Crippen molar-refractivity contribution >= 4 is 33.1 Å². The van der Waals surface area contributed by atoms with Crippen LogP contribution in [0, 0.1) is 0 Å². The van der Waals surface area contributed by atoms with Crippen LogP contribution in [0.2, 0.25) is 0 Å². The normalized spacial score (nSPS) is 10.7. The predicted octanol–water partition coefficient (Wildman–Crippen LogP) is 4.41. The number of anilines is 1. The van der Waals surface area contributed by atoms with Gasteiger partial charge in [0.15, 0.2) is 11.6 Å². The van der Waals surface area contributed by atoms with Crippen LogP contribution in [-0.2, 0) is 0 Å². The molecule has 0 aliphatic rings. The first-order chi connectivity index (χ1) is 8.75. The Kier molecular flexibility index (Phi) is 2.93. The van der Waals surface area contributed by atoms with Gasteiger partial charge < -0.3 is 10.3 Å². The quantitative estimate of drug-likeness (QED) is 0.760. The third-order valence-electron chi connectivity index (χ3n) is 2.58. The van der Waals surface area contributed by atoms with Gasteiger partial charge in [-0.3, -0.25) is 0 Å². The molecule has 1 aromatic carbocycles. The van der Waals surface area contributed by atoms with Gasteiger partial charge in [-0.1, -0.05) is 39.3 Å². The zero-order valence-corrected chi connectivity index (χ0v) is 11.7. The van der Waals surface area contributed by atoms with Gasteiger partial charge in [-0.15, -0.1) is 11.3 Å². The molecule has 2 heterocycles. The summed E-state index contributed by atoms with van der Waals surface area (Å²) in [6.45, 7) is 0. The summed E-state index contributed by atoms with van der Waals surface area (Å²) < 4.78 is 6.35. The van der Waals surface area contributed by atoms with Crippen molar-refractivity contribution in [2.75, 3.05) is 5.73 Å². The number of hydrogen-bond acceptors (Lipinski definition) is 4. The molecule has 0 unspecified atom stereocenters. The molecule has 0 fully saturated rings. The second kappa shape index (κ2) is 4.59. The van der Waals surface area contributed by atoms with Crippen LogP contribution in [0.4, 0.5) is 5.82 Å². The molecule has 0 atom stereocenters. The van der Waals surface area contributed by atoms with Crippen molar-refractivity contribution in [1.29, 1.82) is 0 Å². The van der Waals surface area contributed by atoms with E-state index in [4.69, 9.17) is 10.3 Å². The molecule has 0 aliphatic carbocycles. The molecule has 3 nitrogen and oxygen atoms in total. The predicted molar refractivity (Wildman–Crippen MR) is 77.4 cm³/mol. The topological polar surface area (TPSA) is 52.0 Å². The van der Waals surface area contributed by atoms with Crippen molar-refractivity contribution in [3.63, 3.8) is 0 Å². The minimum atomic E-state index is 0.413. The number of benzene rings is 1. The highest BCUT2D eigenvalue weighted by molar-refractivity contribution is 9.10. The lowest BCUT2D eigenvalue weighted by Crippen LogP contribution is -1.88. The maximum atomic E-state index is 5.91. The van der Waals surface area contributed by atoms with E-state index in [2.05, 4.69) is 21.1 Å². The van der Waals surface area contributed by atoms with E-state index in [1.165, 1.54) is 0 Å². The summed E-state index contributed by atoms with van der Waals surface area (Å²) in [6, 6.07) is 11.9. The fraction of sp³-hybridized carbons (Fsp3) is 0. The molecule has 0 spiro atoms. The van der Waals surface area contributed by atoms with Crippen LogP contribution in [0.1, 0.15) is 0 Å². The van der Waals surface area contributed by atoms with Gasteiger partial charge in [0.1, 0.15) is 0 Å². The Bertz CT molecular complexity index is 676. The molecule has 90 valence electrons. The van der Waals surface area contributed by atoms with Crippen LogP contribution in [0.5, 0.6) is 0 Å². The van der Waals surface area contributed by atoms with Crippen molar-refractivity contribution in [2.45, 2.75) is 0 Å². The zero-order valence-electron chi connectivity index (χ0n) is 9.26. The van der Waals surface area contributed by atoms with E-state index in [0.717, 1.165) is 26.2 Å². The van der Waals surface area contributed by atoms with Gasteiger partial charge in [0, 0.05) is 4.47 Å². The molecule has 0 radical (unpaired) electrons. The van der Waals surface area contributed by atoms with Gasteiger partial charge in [-0.25, -0.2) is 0 Å². The first-order valence-corrected chi connectivity index (χ1v) is 6.98. The van der Waals surface area contributed by atoms with Crippen LogP contribution in [0.25, 0.3) is 21.8 Å². The lowest BCUT2D eigenvalue weighted by Gasteiger charge is -2.01. The molecule has 3 rings (SSSR count). The number of nitrogens with two attached hydrogens (primary N) is 1. The molecular weight excluding hydrogens is 312 g/mol. The maximum Gasteiger partial charge on any atom is 0.186 e. The van der Waals surface area contributed by atoms with Gasteiger partial charge in [0.2, 0.25) is 0 Å². The van der Waals surface area contributed by atoms with E-state index in [9.17, 15) is 0 Å². The summed E-state index contributed by atoms with van der Waals surface area (Å²) in [5.41, 5.74) is 7.75. The minimum Gasteiger partial charge on any atom is -0.380 e. The van der Waals surface area contributed by atoms with Crippen molar-refractivity contribution in [1.82, 2.24) is 5.16 Å². The Morgan fingerprint density at radius 2 is 2.11 bits per heavy atom. The Balaban J connectivity index is 2.20. The van der Waals surface area contributed by atoms with Crippen molar-refractivity contribution in [2.24, 2.45) is 0 Å². The smallest absolute Gasteiger partial charge is 0.186 e. The van der Waals surface area contributed by atoms with E-state index in [1.807, 2.05) is 41.8 Å². The van der Waals surface area contributed by atoms with Gasteiger partial charge in [-0.05, 0) is 29.1 Å². The van der Waals surface area contributed by atoms with Crippen LogP contribution in [0.15, 0.2) is 50.8 Å². The average molecular weight is 321 g/mol. The molecule has 18 heavy (non-hydrogen) atoms. The Labute approximate surface area is 116 Å². The molecule has 0 saturated carbocycles. The van der Waals surface area contributed by atoms with E-state index < -0.39 is 0 Å². The summed E-state index contributed by atoms with van der Waals surface area (Å²) in [4.78, 5) is 1.02. The maximum absolute atomic E-state index is 5.91. The van der Waals surface area contributed by atoms with E-state index >= 15 is 0 Å². The third kappa shape index (κ3) is 1.95. The number of hydrogen-bond donors (Lipinski definition) is 1. The summed E-state index contributed by atoms with van der Waals surface area (Å²) >= 11 is 5.06. The van der Waals surface area contributed by atoms with Crippen LogP contribution in [0.3, 0.4) is 0 Å². The number of halogens is 1. The van der Waals surface area contributed by atoms with Crippen molar-refractivity contribution in [3.05, 3.63) is 46.3 Å². The largest absolute Gasteiger partial charge is 0.380 e. The number of thiophene rings is 1. The van der Waals surface area contributed by atoms with Gasteiger partial charge in [0.25, 0.3) is 0 Å². The van der Waals surface area contributed by atoms with Gasteiger partial charge in [0.05, 0.1) is 10.4 Å². The first-order valence-electron chi connectivity index (χ1n) is 5.30. The van der Waals surface area contributed by atoms with Crippen molar-refractivity contribution in [3.8, 4) is 21.8 Å². The standard InChI is InChI=1S/C13H9BrN2OS/c14-9-4-1-3-8(7-9)11-12(17-16-13(11)15)10-5-2-6-18-10/h1-7H,(H2,15,16). The summed E-state index contributed by atoms with van der Waals surface area (Å²) in [5, 5.41) is 5.87. The van der Waals surface area contributed by atoms with E-state index in [-0.39, 0.29) is 0 Å². The molecule has 2 aromatic heterocycles. The number of aromatic nitrogens is 1. The van der Waals surface area contributed by atoms with Crippen molar-refractivity contribution < 1.29 is 4.52 Å². The van der Waals surface area contributed by atoms with E-state index in [0.29, 0.717) is 5.82 Å². The van der Waals surface area contributed by atoms with Crippen LogP contribution < -0.4 is 5.73 Å². The lowest BCUT2D eigenvalue weighted by atomic mass is 10.1. The highest BCUT2D eigenvalue weighted by atomic mass is 79.9. The molecule has 2 N–H and O–H groups in total. The molecule has 0 saturated heterocycles. The van der Waals surface area contributed by atoms with Crippen LogP contribution >= 0.6 is 27.3 Å². The monoisotopic (exact) mass is 320 g/mol. The number of nitrogens with zero attached hydrogens (tertiary/aromatic N) is 1. The average Bonchev–Trinajstić information content (AvgIpc) is 2.97. The highest BCUT2D eigenvalue weighted by Gasteiger charge is 2.18. The molecule has 0 bridgehead atoms. The zero-order chi connectivity index (χ0) is 12.5. The van der Waals surface area contributed by atoms with Gasteiger partial charge in [-0.2, -0.15) is 0 Å². The first kappa shape index (κ1) is 11.5. The molecular formula is C13H9BrN2OS. The number of rotatable bonds is 2. The number of nitrogen functional groups attached to an aromatic ring is 1. The molecule has 0 aliphatic heterocycles. The van der Waals surface area contributed by atoms with E-state index in [1.54, 1.807) is 11.3 Å². The summed E-state index contributed by atoms with van der Waals surface area (Å²) in [7, 11) is 0. The Morgan fingerprint density at radius 3 is 2.83 bits per heavy atom. The second-order valence-corrected chi connectivity index (χ2v) is 5.62. The van der Waals surface area contributed by atoms with Gasteiger partial charge >= 0.3 is 0 Å². The Hall–Kier alpha value is -1.59. The molecule has 0 amide bonds. The molecule has 5 heteroatoms. The molecule has 3 aromatic rings. The highest BCUT2D eigenvalue weighted by Crippen LogP contribution is 2.38. The Morgan fingerprint density at radius 1 is 1.22 bits per heavy atom. The summed E-state index contributed by atoms with van der Waals surface area (Å²) in [6.07, 6.45) is 0. The lowest BCUT2D eigenvalue weighted by molar-refractivity contribution is 0.437. The second-order valence-electron chi connectivity index (χ2n) is 3.76. The summed E-state index contributed by atoms with van der Waals surface area (Å²) in [5.74, 6) is 1.14. The minimum absolute atomic E-state index is 0.413. The SMILES string of the molecule is Nc1noc(-c2cccs2)c1-c1cccc(Br)c1.